The number of nitro groups is 1. The summed E-state index contributed by atoms with van der Waals surface area (Å²) in [5.74, 6) is 0.764. The van der Waals surface area contributed by atoms with Crippen molar-refractivity contribution in [3.05, 3.63) is 40.3 Å². The van der Waals surface area contributed by atoms with Crippen LogP contribution in [0.15, 0.2) is 28.8 Å². The summed E-state index contributed by atoms with van der Waals surface area (Å²) in [6.45, 7) is 4.93. The Balaban J connectivity index is 1.76. The minimum Gasteiger partial charge on any atom is -0.389 e. The highest BCUT2D eigenvalue weighted by Crippen LogP contribution is 2.28. The van der Waals surface area contributed by atoms with Crippen LogP contribution in [0.1, 0.15) is 32.6 Å². The maximum absolute atomic E-state index is 10.9. The van der Waals surface area contributed by atoms with Gasteiger partial charge in [0.25, 0.3) is 5.69 Å². The zero-order valence-corrected chi connectivity index (χ0v) is 13.7. The Hall–Kier alpha value is -2.32. The first-order valence-electron chi connectivity index (χ1n) is 7.88. The number of benzene rings is 1. The topological polar surface area (TPSA) is 106 Å². The van der Waals surface area contributed by atoms with Gasteiger partial charge in [-0.3, -0.25) is 15.0 Å². The molecule has 1 aliphatic rings. The van der Waals surface area contributed by atoms with Gasteiger partial charge < -0.3 is 9.63 Å². The molecule has 1 aromatic heterocycles. The van der Waals surface area contributed by atoms with Crippen molar-refractivity contribution in [2.75, 3.05) is 6.54 Å². The van der Waals surface area contributed by atoms with Crippen LogP contribution in [0.4, 0.5) is 5.69 Å². The lowest BCUT2D eigenvalue weighted by Crippen LogP contribution is -2.45. The van der Waals surface area contributed by atoms with Crippen LogP contribution in [-0.2, 0) is 6.54 Å². The van der Waals surface area contributed by atoms with Crippen LogP contribution in [0, 0.1) is 10.1 Å². The molecule has 0 saturated carbocycles. The molecule has 3 rings (SSSR count). The van der Waals surface area contributed by atoms with Crippen LogP contribution in [0.2, 0.25) is 0 Å². The number of rotatable bonds is 5. The van der Waals surface area contributed by atoms with Gasteiger partial charge in [-0.05, 0) is 33.2 Å². The standard InChI is InChI=1S/C16H20N4O4/c1-16(2,21)13-7-4-8-19(13)10-14-17-15(18-24-14)11-5-3-6-12(9-11)20(22)23/h3,5-6,9,13,21H,4,7-8,10H2,1-2H3. The Kier molecular flexibility index (Phi) is 4.33. The average Bonchev–Trinajstić information content (AvgIpc) is 3.16. The Bertz CT molecular complexity index is 738. The second kappa shape index (κ2) is 6.29. The van der Waals surface area contributed by atoms with Gasteiger partial charge >= 0.3 is 0 Å². The first-order chi connectivity index (χ1) is 11.3. The molecule has 0 radical (unpaired) electrons. The summed E-state index contributed by atoms with van der Waals surface area (Å²) in [5.41, 5.74) is -0.264. The highest BCUT2D eigenvalue weighted by Gasteiger charge is 2.36. The lowest BCUT2D eigenvalue weighted by atomic mass is 9.97. The van der Waals surface area contributed by atoms with Crippen LogP contribution >= 0.6 is 0 Å². The van der Waals surface area contributed by atoms with Gasteiger partial charge in [-0.25, -0.2) is 0 Å². The van der Waals surface area contributed by atoms with Crippen molar-refractivity contribution in [1.29, 1.82) is 0 Å². The van der Waals surface area contributed by atoms with E-state index >= 15 is 0 Å². The normalized spacial score (nSPS) is 18.9. The molecule has 0 amide bonds. The highest BCUT2D eigenvalue weighted by atomic mass is 16.6. The molecule has 0 bridgehead atoms. The number of aromatic nitrogens is 2. The van der Waals surface area contributed by atoms with E-state index in [4.69, 9.17) is 4.52 Å². The van der Waals surface area contributed by atoms with Gasteiger partial charge in [-0.1, -0.05) is 17.3 Å². The number of non-ortho nitro benzene ring substituents is 1. The van der Waals surface area contributed by atoms with Gasteiger partial charge in [-0.15, -0.1) is 0 Å². The Morgan fingerprint density at radius 3 is 3.00 bits per heavy atom. The third-order valence-electron chi connectivity index (χ3n) is 4.30. The van der Waals surface area contributed by atoms with Crippen LogP contribution < -0.4 is 0 Å². The number of nitrogens with zero attached hydrogens (tertiary/aromatic N) is 4. The molecule has 1 fully saturated rings. The SMILES string of the molecule is CC(C)(O)C1CCCN1Cc1nc(-c2cccc([N+](=O)[O-])c2)no1. The van der Waals surface area contributed by atoms with E-state index in [1.165, 1.54) is 12.1 Å². The van der Waals surface area contributed by atoms with E-state index in [-0.39, 0.29) is 11.7 Å². The minimum atomic E-state index is -0.792. The Labute approximate surface area is 139 Å². The maximum atomic E-state index is 10.9. The number of aliphatic hydroxyl groups is 1. The molecule has 2 heterocycles. The summed E-state index contributed by atoms with van der Waals surface area (Å²) in [7, 11) is 0. The predicted octanol–water partition coefficient (Wildman–Crippen LogP) is 2.38. The van der Waals surface area contributed by atoms with Crippen molar-refractivity contribution in [3.8, 4) is 11.4 Å². The zero-order valence-electron chi connectivity index (χ0n) is 13.7. The third kappa shape index (κ3) is 3.44. The molecule has 8 nitrogen and oxygen atoms in total. The van der Waals surface area contributed by atoms with Gasteiger partial charge in [-0.2, -0.15) is 4.98 Å². The Morgan fingerprint density at radius 1 is 1.50 bits per heavy atom. The molecule has 1 N–H and O–H groups in total. The third-order valence-corrected chi connectivity index (χ3v) is 4.30. The largest absolute Gasteiger partial charge is 0.389 e. The molecular formula is C16H20N4O4. The molecule has 128 valence electrons. The molecule has 8 heteroatoms. The first-order valence-corrected chi connectivity index (χ1v) is 7.88. The van der Waals surface area contributed by atoms with Gasteiger partial charge in [0.1, 0.15) is 0 Å². The van der Waals surface area contributed by atoms with Gasteiger partial charge in [0.05, 0.1) is 17.1 Å². The number of hydrogen-bond acceptors (Lipinski definition) is 7. The van der Waals surface area contributed by atoms with Crippen LogP contribution in [0.5, 0.6) is 0 Å². The molecule has 24 heavy (non-hydrogen) atoms. The fraction of sp³-hybridized carbons (Fsp3) is 0.500. The van der Waals surface area contributed by atoms with Crippen molar-refractivity contribution in [2.45, 2.75) is 44.9 Å². The summed E-state index contributed by atoms with van der Waals surface area (Å²) in [6, 6.07) is 6.18. The van der Waals surface area contributed by atoms with E-state index in [1.807, 2.05) is 0 Å². The monoisotopic (exact) mass is 332 g/mol. The van der Waals surface area contributed by atoms with E-state index in [0.717, 1.165) is 19.4 Å². The van der Waals surface area contributed by atoms with E-state index < -0.39 is 10.5 Å². The second-order valence-electron chi connectivity index (χ2n) is 6.60. The molecule has 0 spiro atoms. The smallest absolute Gasteiger partial charge is 0.270 e. The number of hydrogen-bond donors (Lipinski definition) is 1. The minimum absolute atomic E-state index is 0.0134. The van der Waals surface area contributed by atoms with Crippen molar-refractivity contribution in [2.24, 2.45) is 0 Å². The van der Waals surface area contributed by atoms with E-state index in [9.17, 15) is 15.2 Å². The second-order valence-corrected chi connectivity index (χ2v) is 6.60. The summed E-state index contributed by atoms with van der Waals surface area (Å²) in [5, 5.41) is 25.0. The molecule has 0 aliphatic carbocycles. The van der Waals surface area contributed by atoms with Crippen LogP contribution in [0.3, 0.4) is 0 Å². The molecular weight excluding hydrogens is 312 g/mol. The lowest BCUT2D eigenvalue weighted by molar-refractivity contribution is -0.384. The summed E-state index contributed by atoms with van der Waals surface area (Å²) in [4.78, 5) is 16.9. The molecule has 1 saturated heterocycles. The Morgan fingerprint density at radius 2 is 2.29 bits per heavy atom. The number of likely N-dealkylation sites (tertiary alicyclic amines) is 1. The summed E-state index contributed by atoms with van der Waals surface area (Å²) >= 11 is 0. The first kappa shape index (κ1) is 16.5. The zero-order chi connectivity index (χ0) is 17.3. The average molecular weight is 332 g/mol. The van der Waals surface area contributed by atoms with Gasteiger partial charge in [0.2, 0.25) is 11.7 Å². The molecule has 1 aliphatic heterocycles. The van der Waals surface area contributed by atoms with E-state index in [2.05, 4.69) is 15.0 Å². The lowest BCUT2D eigenvalue weighted by Gasteiger charge is -2.32. The van der Waals surface area contributed by atoms with Crippen LogP contribution in [-0.4, -0.2) is 43.3 Å². The molecule has 1 atom stereocenters. The fourth-order valence-corrected chi connectivity index (χ4v) is 3.18. The van der Waals surface area contributed by atoms with Gasteiger partial charge in [0, 0.05) is 23.7 Å². The van der Waals surface area contributed by atoms with E-state index in [0.29, 0.717) is 23.8 Å². The van der Waals surface area contributed by atoms with Crippen molar-refractivity contribution in [3.63, 3.8) is 0 Å². The quantitative estimate of drug-likeness (QED) is 0.662. The van der Waals surface area contributed by atoms with Crippen molar-refractivity contribution in [1.82, 2.24) is 15.0 Å². The van der Waals surface area contributed by atoms with Crippen molar-refractivity contribution < 1.29 is 14.6 Å². The molecule has 1 aromatic carbocycles. The van der Waals surface area contributed by atoms with Gasteiger partial charge in [0.15, 0.2) is 0 Å². The van der Waals surface area contributed by atoms with E-state index in [1.54, 1.807) is 26.0 Å². The van der Waals surface area contributed by atoms with Crippen LogP contribution in [0.25, 0.3) is 11.4 Å². The maximum Gasteiger partial charge on any atom is 0.270 e. The number of nitro benzene ring substituents is 1. The highest BCUT2D eigenvalue weighted by molar-refractivity contribution is 5.58. The molecule has 1 unspecified atom stereocenters. The van der Waals surface area contributed by atoms with Crippen molar-refractivity contribution >= 4 is 5.69 Å². The summed E-state index contributed by atoms with van der Waals surface area (Å²) < 4.78 is 5.29. The molecule has 2 aromatic rings. The fourth-order valence-electron chi connectivity index (χ4n) is 3.18. The summed E-state index contributed by atoms with van der Waals surface area (Å²) in [6.07, 6.45) is 1.94. The predicted molar refractivity (Wildman–Crippen MR) is 86.1 cm³/mol.